The third kappa shape index (κ3) is 3.57. The monoisotopic (exact) mass is 278 g/mol. The highest BCUT2D eigenvalue weighted by molar-refractivity contribution is 5.87. The van der Waals surface area contributed by atoms with E-state index in [0.717, 1.165) is 0 Å². The minimum atomic E-state index is -0.369. The standard InChI is InChI=1S/C14H15FN2O3/c1-9(18)16-4-5-17-14(19)6-10-8-20-13-3-2-11(15)7-12(10)13/h2-3,7-8H,4-6H2,1H3,(H,16,18)(H,17,19). The topological polar surface area (TPSA) is 71.3 Å². The van der Waals surface area contributed by atoms with Crippen LogP contribution in [0, 0.1) is 5.82 Å². The molecule has 0 aliphatic rings. The van der Waals surface area contributed by atoms with E-state index in [4.69, 9.17) is 4.42 Å². The maximum atomic E-state index is 13.2. The SMILES string of the molecule is CC(=O)NCCNC(=O)Cc1coc2ccc(F)cc12. The Morgan fingerprint density at radius 1 is 1.25 bits per heavy atom. The summed E-state index contributed by atoms with van der Waals surface area (Å²) < 4.78 is 18.4. The van der Waals surface area contributed by atoms with Crippen molar-refractivity contribution in [1.29, 1.82) is 0 Å². The first-order valence-electron chi connectivity index (χ1n) is 6.23. The zero-order chi connectivity index (χ0) is 14.5. The van der Waals surface area contributed by atoms with E-state index in [1.165, 1.54) is 31.4 Å². The number of nitrogens with one attached hydrogen (secondary N) is 2. The molecule has 0 spiro atoms. The van der Waals surface area contributed by atoms with Crippen LogP contribution in [-0.2, 0) is 16.0 Å². The molecule has 1 aromatic carbocycles. The Labute approximate surface area is 115 Å². The summed E-state index contributed by atoms with van der Waals surface area (Å²) in [6.45, 7) is 2.14. The van der Waals surface area contributed by atoms with Crippen LogP contribution in [0.5, 0.6) is 0 Å². The Morgan fingerprint density at radius 3 is 2.75 bits per heavy atom. The molecule has 0 atom stereocenters. The summed E-state index contributed by atoms with van der Waals surface area (Å²) in [7, 11) is 0. The molecule has 0 aliphatic heterocycles. The number of rotatable bonds is 5. The Morgan fingerprint density at radius 2 is 2.00 bits per heavy atom. The maximum Gasteiger partial charge on any atom is 0.224 e. The van der Waals surface area contributed by atoms with Crippen LogP contribution in [0.2, 0.25) is 0 Å². The molecule has 0 aliphatic carbocycles. The van der Waals surface area contributed by atoms with Crippen molar-refractivity contribution < 1.29 is 18.4 Å². The first kappa shape index (κ1) is 14.0. The Hall–Kier alpha value is -2.37. The van der Waals surface area contributed by atoms with Gasteiger partial charge in [0, 0.05) is 31.0 Å². The number of furan rings is 1. The third-order valence-electron chi connectivity index (χ3n) is 2.79. The van der Waals surface area contributed by atoms with Gasteiger partial charge in [-0.1, -0.05) is 0 Å². The second kappa shape index (κ2) is 6.18. The molecule has 0 bridgehead atoms. The first-order valence-corrected chi connectivity index (χ1v) is 6.23. The molecule has 0 saturated carbocycles. The molecule has 2 aromatic rings. The molecule has 0 saturated heterocycles. The van der Waals surface area contributed by atoms with E-state index >= 15 is 0 Å². The van der Waals surface area contributed by atoms with Crippen LogP contribution in [-0.4, -0.2) is 24.9 Å². The predicted molar refractivity (Wildman–Crippen MR) is 71.6 cm³/mol. The lowest BCUT2D eigenvalue weighted by Gasteiger charge is -2.04. The van der Waals surface area contributed by atoms with Crippen LogP contribution in [0.25, 0.3) is 11.0 Å². The van der Waals surface area contributed by atoms with E-state index in [-0.39, 0.29) is 24.1 Å². The molecule has 1 heterocycles. The molecular formula is C14H15FN2O3. The van der Waals surface area contributed by atoms with Crippen LogP contribution in [0.15, 0.2) is 28.9 Å². The van der Waals surface area contributed by atoms with Crippen LogP contribution < -0.4 is 10.6 Å². The summed E-state index contributed by atoms with van der Waals surface area (Å²) >= 11 is 0. The van der Waals surface area contributed by atoms with Gasteiger partial charge in [0.2, 0.25) is 11.8 Å². The fraction of sp³-hybridized carbons (Fsp3) is 0.286. The zero-order valence-electron chi connectivity index (χ0n) is 11.0. The molecule has 1 aromatic heterocycles. The van der Waals surface area contributed by atoms with Gasteiger partial charge in [-0.05, 0) is 18.2 Å². The lowest BCUT2D eigenvalue weighted by molar-refractivity contribution is -0.121. The smallest absolute Gasteiger partial charge is 0.224 e. The number of carbonyl (C=O) groups excluding carboxylic acids is 2. The number of fused-ring (bicyclic) bond motifs is 1. The van der Waals surface area contributed by atoms with Crippen LogP contribution >= 0.6 is 0 Å². The van der Waals surface area contributed by atoms with Gasteiger partial charge in [-0.3, -0.25) is 9.59 Å². The van der Waals surface area contributed by atoms with Gasteiger partial charge in [-0.25, -0.2) is 4.39 Å². The van der Waals surface area contributed by atoms with Crippen LogP contribution in [0.3, 0.4) is 0 Å². The quantitative estimate of drug-likeness (QED) is 0.811. The average Bonchev–Trinajstić information content (AvgIpc) is 2.77. The fourth-order valence-corrected chi connectivity index (χ4v) is 1.87. The normalized spacial score (nSPS) is 10.5. The van der Waals surface area contributed by atoms with Gasteiger partial charge < -0.3 is 15.1 Å². The maximum absolute atomic E-state index is 13.2. The zero-order valence-corrected chi connectivity index (χ0v) is 11.0. The second-order valence-corrected chi connectivity index (χ2v) is 4.41. The van der Waals surface area contributed by atoms with Gasteiger partial charge in [0.05, 0.1) is 12.7 Å². The Balaban J connectivity index is 1.93. The summed E-state index contributed by atoms with van der Waals surface area (Å²) in [6, 6.07) is 4.19. The number of hydrogen-bond donors (Lipinski definition) is 2. The number of hydrogen-bond acceptors (Lipinski definition) is 3. The fourth-order valence-electron chi connectivity index (χ4n) is 1.87. The number of carbonyl (C=O) groups is 2. The number of benzene rings is 1. The largest absolute Gasteiger partial charge is 0.464 e. The molecule has 2 N–H and O–H groups in total. The minimum Gasteiger partial charge on any atom is -0.464 e. The van der Waals surface area contributed by atoms with Crippen LogP contribution in [0.1, 0.15) is 12.5 Å². The van der Waals surface area contributed by atoms with E-state index in [1.807, 2.05) is 0 Å². The molecule has 0 radical (unpaired) electrons. The molecular weight excluding hydrogens is 263 g/mol. The molecule has 0 unspecified atom stereocenters. The Bertz CT molecular complexity index is 636. The van der Waals surface area contributed by atoms with Crippen molar-refractivity contribution in [2.75, 3.05) is 13.1 Å². The molecule has 106 valence electrons. The van der Waals surface area contributed by atoms with Gasteiger partial charge in [0.25, 0.3) is 0 Å². The number of amides is 2. The molecule has 20 heavy (non-hydrogen) atoms. The lowest BCUT2D eigenvalue weighted by atomic mass is 10.1. The van der Waals surface area contributed by atoms with Crippen molar-refractivity contribution in [1.82, 2.24) is 10.6 Å². The molecule has 2 amide bonds. The number of halogens is 1. The van der Waals surface area contributed by atoms with Crippen molar-refractivity contribution in [3.05, 3.63) is 35.8 Å². The Kier molecular flexibility index (Phi) is 4.34. The molecule has 6 heteroatoms. The third-order valence-corrected chi connectivity index (χ3v) is 2.79. The van der Waals surface area contributed by atoms with Crippen molar-refractivity contribution >= 4 is 22.8 Å². The van der Waals surface area contributed by atoms with E-state index < -0.39 is 0 Å². The van der Waals surface area contributed by atoms with E-state index in [0.29, 0.717) is 29.6 Å². The van der Waals surface area contributed by atoms with Gasteiger partial charge in [0.15, 0.2) is 0 Å². The summed E-state index contributed by atoms with van der Waals surface area (Å²) in [5.41, 5.74) is 1.18. The summed E-state index contributed by atoms with van der Waals surface area (Å²) in [5.74, 6) is -0.718. The van der Waals surface area contributed by atoms with E-state index in [1.54, 1.807) is 0 Å². The van der Waals surface area contributed by atoms with E-state index in [9.17, 15) is 14.0 Å². The van der Waals surface area contributed by atoms with E-state index in [2.05, 4.69) is 10.6 Å². The van der Waals surface area contributed by atoms with Gasteiger partial charge in [-0.15, -0.1) is 0 Å². The van der Waals surface area contributed by atoms with Crippen molar-refractivity contribution in [2.24, 2.45) is 0 Å². The van der Waals surface area contributed by atoms with Crippen molar-refractivity contribution in [2.45, 2.75) is 13.3 Å². The van der Waals surface area contributed by atoms with Gasteiger partial charge in [-0.2, -0.15) is 0 Å². The van der Waals surface area contributed by atoms with Gasteiger partial charge in [0.1, 0.15) is 11.4 Å². The summed E-state index contributed by atoms with van der Waals surface area (Å²) in [4.78, 5) is 22.4. The first-order chi connectivity index (χ1) is 9.56. The summed E-state index contributed by atoms with van der Waals surface area (Å²) in [6.07, 6.45) is 1.56. The summed E-state index contributed by atoms with van der Waals surface area (Å²) in [5, 5.41) is 5.84. The van der Waals surface area contributed by atoms with Crippen LogP contribution in [0.4, 0.5) is 4.39 Å². The molecule has 5 nitrogen and oxygen atoms in total. The second-order valence-electron chi connectivity index (χ2n) is 4.41. The van der Waals surface area contributed by atoms with Gasteiger partial charge >= 0.3 is 0 Å². The predicted octanol–water partition coefficient (Wildman–Crippen LogP) is 1.37. The van der Waals surface area contributed by atoms with Crippen molar-refractivity contribution in [3.63, 3.8) is 0 Å². The minimum absolute atomic E-state index is 0.108. The molecule has 0 fully saturated rings. The molecule has 2 rings (SSSR count). The lowest BCUT2D eigenvalue weighted by Crippen LogP contribution is -2.34. The highest BCUT2D eigenvalue weighted by atomic mass is 19.1. The highest BCUT2D eigenvalue weighted by Crippen LogP contribution is 2.22. The average molecular weight is 278 g/mol. The van der Waals surface area contributed by atoms with Crippen molar-refractivity contribution in [3.8, 4) is 0 Å². The highest BCUT2D eigenvalue weighted by Gasteiger charge is 2.10.